The van der Waals surface area contributed by atoms with Crippen molar-refractivity contribution in [2.24, 2.45) is 5.84 Å². The first-order chi connectivity index (χ1) is 7.58. The van der Waals surface area contributed by atoms with Crippen LogP contribution in [0.2, 0.25) is 5.02 Å². The highest BCUT2D eigenvalue weighted by molar-refractivity contribution is 8.26. The molecule has 1 aromatic rings. The van der Waals surface area contributed by atoms with Gasteiger partial charge >= 0.3 is 0 Å². The van der Waals surface area contributed by atoms with Gasteiger partial charge in [0.15, 0.2) is 4.32 Å². The van der Waals surface area contributed by atoms with Crippen molar-refractivity contribution in [1.29, 1.82) is 0 Å². The van der Waals surface area contributed by atoms with Crippen LogP contribution in [0.1, 0.15) is 5.56 Å². The van der Waals surface area contributed by atoms with E-state index in [2.05, 4.69) is 0 Å². The zero-order valence-electron chi connectivity index (χ0n) is 8.01. The molecule has 1 aliphatic heterocycles. The number of amides is 1. The largest absolute Gasteiger partial charge is 0.280 e. The predicted octanol–water partition coefficient (Wildman–Crippen LogP) is 2.41. The van der Waals surface area contributed by atoms with Gasteiger partial charge in [0.05, 0.1) is 4.91 Å². The van der Waals surface area contributed by atoms with Gasteiger partial charge in [-0.25, -0.2) is 10.9 Å². The molecule has 6 heteroatoms. The van der Waals surface area contributed by atoms with Crippen molar-refractivity contribution < 1.29 is 4.79 Å². The minimum atomic E-state index is -0.282. The molecule has 1 aliphatic rings. The zero-order valence-corrected chi connectivity index (χ0v) is 10.4. The zero-order chi connectivity index (χ0) is 11.7. The second kappa shape index (κ2) is 4.55. The Kier molecular flexibility index (Phi) is 3.30. The van der Waals surface area contributed by atoms with Crippen molar-refractivity contribution >= 4 is 51.9 Å². The fraction of sp³-hybridized carbons (Fsp3) is 0. The lowest BCUT2D eigenvalue weighted by Gasteiger charge is -2.02. The Bertz CT molecular complexity index is 501. The van der Waals surface area contributed by atoms with Crippen molar-refractivity contribution in [2.75, 3.05) is 0 Å². The highest BCUT2D eigenvalue weighted by atomic mass is 35.5. The summed E-state index contributed by atoms with van der Waals surface area (Å²) in [5.41, 5.74) is 0.849. The molecule has 1 heterocycles. The van der Waals surface area contributed by atoms with Gasteiger partial charge in [0.2, 0.25) is 0 Å². The van der Waals surface area contributed by atoms with Crippen LogP contribution >= 0.6 is 35.6 Å². The molecule has 0 aliphatic carbocycles. The van der Waals surface area contributed by atoms with E-state index in [0.717, 1.165) is 10.6 Å². The number of nitrogens with two attached hydrogens (primary N) is 1. The van der Waals surface area contributed by atoms with Gasteiger partial charge in [0.1, 0.15) is 0 Å². The maximum atomic E-state index is 11.6. The van der Waals surface area contributed by atoms with E-state index < -0.39 is 0 Å². The Hall–Kier alpha value is -0.880. The second-order valence-corrected chi connectivity index (χ2v) is 5.22. The standard InChI is InChI=1S/C10H7ClN2OS2/c11-7-3-1-2-6(4-7)5-8-9(14)13(12)10(15)16-8/h1-5H,12H2. The average molecular weight is 271 g/mol. The maximum Gasteiger partial charge on any atom is 0.280 e. The van der Waals surface area contributed by atoms with Gasteiger partial charge in [-0.2, -0.15) is 0 Å². The predicted molar refractivity (Wildman–Crippen MR) is 70.7 cm³/mol. The minimum Gasteiger partial charge on any atom is -0.267 e. The number of carbonyl (C=O) groups excluding carboxylic acids is 1. The normalized spacial score (nSPS) is 18.6. The third kappa shape index (κ3) is 2.27. The fourth-order valence-corrected chi connectivity index (χ4v) is 2.53. The molecular formula is C10H7ClN2OS2. The first-order valence-electron chi connectivity index (χ1n) is 4.36. The SMILES string of the molecule is NN1C(=O)C(=Cc2cccc(Cl)c2)SC1=S. The van der Waals surface area contributed by atoms with Crippen molar-refractivity contribution in [3.63, 3.8) is 0 Å². The molecule has 2 N–H and O–H groups in total. The molecule has 1 saturated heterocycles. The van der Waals surface area contributed by atoms with Crippen LogP contribution in [0.25, 0.3) is 6.08 Å². The highest BCUT2D eigenvalue weighted by Gasteiger charge is 2.29. The number of carbonyl (C=O) groups is 1. The van der Waals surface area contributed by atoms with Gasteiger partial charge in [0, 0.05) is 5.02 Å². The lowest BCUT2D eigenvalue weighted by atomic mass is 10.2. The maximum absolute atomic E-state index is 11.6. The Morgan fingerprint density at radius 1 is 1.50 bits per heavy atom. The molecule has 1 amide bonds. The number of hydrogen-bond acceptors (Lipinski definition) is 4. The van der Waals surface area contributed by atoms with E-state index in [1.807, 2.05) is 12.1 Å². The lowest BCUT2D eigenvalue weighted by molar-refractivity contribution is -0.122. The Labute approximate surface area is 107 Å². The van der Waals surface area contributed by atoms with Crippen LogP contribution in [0.15, 0.2) is 29.2 Å². The van der Waals surface area contributed by atoms with Crippen molar-refractivity contribution in [1.82, 2.24) is 5.01 Å². The van der Waals surface area contributed by atoms with Crippen LogP contribution in [0.4, 0.5) is 0 Å². The van der Waals surface area contributed by atoms with Crippen LogP contribution in [-0.2, 0) is 4.79 Å². The first-order valence-corrected chi connectivity index (χ1v) is 5.96. The van der Waals surface area contributed by atoms with Crippen molar-refractivity contribution in [3.05, 3.63) is 39.8 Å². The summed E-state index contributed by atoms with van der Waals surface area (Å²) >= 11 is 11.9. The number of benzene rings is 1. The summed E-state index contributed by atoms with van der Waals surface area (Å²) in [7, 11) is 0. The number of halogens is 1. The second-order valence-electron chi connectivity index (χ2n) is 3.11. The molecule has 82 valence electrons. The molecule has 0 saturated carbocycles. The Morgan fingerprint density at radius 3 is 2.81 bits per heavy atom. The first kappa shape index (κ1) is 11.6. The molecule has 1 fully saturated rings. The van der Waals surface area contributed by atoms with E-state index in [0.29, 0.717) is 14.2 Å². The monoisotopic (exact) mass is 270 g/mol. The topological polar surface area (TPSA) is 46.3 Å². The van der Waals surface area contributed by atoms with Crippen molar-refractivity contribution in [2.45, 2.75) is 0 Å². The van der Waals surface area contributed by atoms with Gasteiger partial charge in [-0.3, -0.25) is 4.79 Å². The van der Waals surface area contributed by atoms with Gasteiger partial charge in [-0.05, 0) is 23.8 Å². The van der Waals surface area contributed by atoms with Gasteiger partial charge in [-0.15, -0.1) is 0 Å². The molecule has 16 heavy (non-hydrogen) atoms. The van der Waals surface area contributed by atoms with E-state index >= 15 is 0 Å². The van der Waals surface area contributed by atoms with Gasteiger partial charge < -0.3 is 0 Å². The third-order valence-electron chi connectivity index (χ3n) is 1.97. The number of thiocarbonyl (C=S) groups is 1. The van der Waals surface area contributed by atoms with Crippen LogP contribution in [0.3, 0.4) is 0 Å². The van der Waals surface area contributed by atoms with E-state index in [1.165, 1.54) is 11.8 Å². The van der Waals surface area contributed by atoms with Crippen LogP contribution in [0, 0.1) is 0 Å². The van der Waals surface area contributed by atoms with Crippen LogP contribution in [-0.4, -0.2) is 15.2 Å². The number of rotatable bonds is 1. The smallest absolute Gasteiger partial charge is 0.267 e. The van der Waals surface area contributed by atoms with Crippen LogP contribution < -0.4 is 5.84 Å². The molecule has 3 nitrogen and oxygen atoms in total. The van der Waals surface area contributed by atoms with Gasteiger partial charge in [-0.1, -0.05) is 47.7 Å². The highest BCUT2D eigenvalue weighted by Crippen LogP contribution is 2.30. The number of hydrogen-bond donors (Lipinski definition) is 1. The summed E-state index contributed by atoms with van der Waals surface area (Å²) in [6, 6.07) is 7.21. The van der Waals surface area contributed by atoms with E-state index in [9.17, 15) is 4.79 Å². The van der Waals surface area contributed by atoms with Crippen LogP contribution in [0.5, 0.6) is 0 Å². The molecule has 0 spiro atoms. The Balaban J connectivity index is 2.33. The molecule has 0 bridgehead atoms. The molecule has 0 unspecified atom stereocenters. The summed E-state index contributed by atoms with van der Waals surface area (Å²) in [6.07, 6.45) is 1.72. The minimum absolute atomic E-state index is 0.282. The quantitative estimate of drug-likeness (QED) is 0.368. The van der Waals surface area contributed by atoms with E-state index in [1.54, 1.807) is 18.2 Å². The molecule has 0 radical (unpaired) electrons. The third-order valence-corrected chi connectivity index (χ3v) is 3.54. The molecular weight excluding hydrogens is 264 g/mol. The molecule has 0 aromatic heterocycles. The summed E-state index contributed by atoms with van der Waals surface area (Å²) < 4.78 is 0.360. The lowest BCUT2D eigenvalue weighted by Crippen LogP contribution is -2.34. The number of thioether (sulfide) groups is 1. The number of hydrazine groups is 1. The van der Waals surface area contributed by atoms with Gasteiger partial charge in [0.25, 0.3) is 5.91 Å². The number of nitrogens with zero attached hydrogens (tertiary/aromatic N) is 1. The van der Waals surface area contributed by atoms with Crippen molar-refractivity contribution in [3.8, 4) is 0 Å². The molecule has 0 atom stereocenters. The van der Waals surface area contributed by atoms with E-state index in [-0.39, 0.29) is 5.91 Å². The average Bonchev–Trinajstić information content (AvgIpc) is 2.47. The summed E-state index contributed by atoms with van der Waals surface area (Å²) in [5.74, 6) is 5.17. The Morgan fingerprint density at radius 2 is 2.25 bits per heavy atom. The fourth-order valence-electron chi connectivity index (χ4n) is 1.23. The summed E-state index contributed by atoms with van der Waals surface area (Å²) in [5, 5.41) is 1.59. The molecule has 1 aromatic carbocycles. The van der Waals surface area contributed by atoms with E-state index in [4.69, 9.17) is 29.7 Å². The summed E-state index contributed by atoms with van der Waals surface area (Å²) in [6.45, 7) is 0. The summed E-state index contributed by atoms with van der Waals surface area (Å²) in [4.78, 5) is 12.1. The molecule has 2 rings (SSSR count).